The van der Waals surface area contributed by atoms with Crippen LogP contribution in [0.1, 0.15) is 33.6 Å². The molecule has 0 aliphatic heterocycles. The molecule has 1 N–H and O–H groups in total. The molecule has 1 aromatic rings. The van der Waals surface area contributed by atoms with Crippen LogP contribution in [-0.4, -0.2) is 19.2 Å². The molecule has 0 fully saturated rings. The standard InChI is InChI=1S/C15H23F2NO/c1-4-8-18-14(11(3)5-2)10-19-15-9-12(16)6-7-13(15)17/h6-7,9,11,14,18H,4-5,8,10H2,1-3H3. The second-order valence-electron chi connectivity index (χ2n) is 4.83. The van der Waals surface area contributed by atoms with Crippen LogP contribution in [0.2, 0.25) is 0 Å². The minimum atomic E-state index is -0.528. The Labute approximate surface area is 114 Å². The van der Waals surface area contributed by atoms with Crippen LogP contribution < -0.4 is 10.1 Å². The van der Waals surface area contributed by atoms with Gasteiger partial charge in [0.05, 0.1) is 0 Å². The van der Waals surface area contributed by atoms with Gasteiger partial charge in [0.2, 0.25) is 0 Å². The SMILES string of the molecule is CCCNC(COc1cc(F)ccc1F)C(C)CC. The van der Waals surface area contributed by atoms with Gasteiger partial charge in [-0.3, -0.25) is 0 Å². The van der Waals surface area contributed by atoms with Crippen molar-refractivity contribution in [1.82, 2.24) is 5.32 Å². The highest BCUT2D eigenvalue weighted by Crippen LogP contribution is 2.19. The zero-order chi connectivity index (χ0) is 14.3. The molecular weight excluding hydrogens is 248 g/mol. The van der Waals surface area contributed by atoms with Gasteiger partial charge < -0.3 is 10.1 Å². The van der Waals surface area contributed by atoms with Gasteiger partial charge in [0.1, 0.15) is 12.4 Å². The number of benzene rings is 1. The molecule has 1 aromatic carbocycles. The first-order valence-electron chi connectivity index (χ1n) is 6.89. The predicted octanol–water partition coefficient (Wildman–Crippen LogP) is 3.76. The molecular formula is C15H23F2NO. The molecule has 0 aromatic heterocycles. The highest BCUT2D eigenvalue weighted by Gasteiger charge is 2.16. The van der Waals surface area contributed by atoms with Gasteiger partial charge in [-0.15, -0.1) is 0 Å². The maximum atomic E-state index is 13.4. The Morgan fingerprint density at radius 3 is 2.63 bits per heavy atom. The summed E-state index contributed by atoms with van der Waals surface area (Å²) >= 11 is 0. The molecule has 2 nitrogen and oxygen atoms in total. The summed E-state index contributed by atoms with van der Waals surface area (Å²) in [6, 6.07) is 3.40. The highest BCUT2D eigenvalue weighted by atomic mass is 19.1. The van der Waals surface area contributed by atoms with Crippen LogP contribution in [0, 0.1) is 17.6 Å². The maximum absolute atomic E-state index is 13.4. The van der Waals surface area contributed by atoms with Crippen LogP contribution in [0.25, 0.3) is 0 Å². The summed E-state index contributed by atoms with van der Waals surface area (Å²) in [6.45, 7) is 7.56. The molecule has 2 atom stereocenters. The third-order valence-electron chi connectivity index (χ3n) is 3.30. The summed E-state index contributed by atoms with van der Waals surface area (Å²) in [5, 5.41) is 3.38. The summed E-state index contributed by atoms with van der Waals surface area (Å²) in [5.74, 6) is -0.618. The van der Waals surface area contributed by atoms with Gasteiger partial charge in [0, 0.05) is 12.1 Å². The molecule has 0 heterocycles. The van der Waals surface area contributed by atoms with Gasteiger partial charge in [-0.25, -0.2) is 8.78 Å². The predicted molar refractivity (Wildman–Crippen MR) is 73.4 cm³/mol. The first kappa shape index (κ1) is 15.9. The lowest BCUT2D eigenvalue weighted by Crippen LogP contribution is -2.40. The Hall–Kier alpha value is -1.16. The minimum absolute atomic E-state index is 0.0217. The smallest absolute Gasteiger partial charge is 0.165 e. The zero-order valence-electron chi connectivity index (χ0n) is 11.9. The van der Waals surface area contributed by atoms with Gasteiger partial charge in [-0.05, 0) is 31.0 Å². The normalized spacial score (nSPS) is 14.2. The highest BCUT2D eigenvalue weighted by molar-refractivity contribution is 5.24. The Morgan fingerprint density at radius 2 is 2.00 bits per heavy atom. The van der Waals surface area contributed by atoms with Gasteiger partial charge in [0.15, 0.2) is 11.6 Å². The number of rotatable bonds is 8. The molecule has 0 aliphatic rings. The van der Waals surface area contributed by atoms with Crippen molar-refractivity contribution in [2.45, 2.75) is 39.7 Å². The summed E-state index contributed by atoms with van der Waals surface area (Å²) in [5.41, 5.74) is 0. The molecule has 0 bridgehead atoms. The van der Waals surface area contributed by atoms with Gasteiger partial charge in [0.25, 0.3) is 0 Å². The van der Waals surface area contributed by atoms with Crippen molar-refractivity contribution in [1.29, 1.82) is 0 Å². The summed E-state index contributed by atoms with van der Waals surface area (Å²) in [4.78, 5) is 0. The van der Waals surface area contributed by atoms with Crippen molar-refractivity contribution in [3.8, 4) is 5.75 Å². The fourth-order valence-electron chi connectivity index (χ4n) is 1.81. The molecule has 0 amide bonds. The van der Waals surface area contributed by atoms with E-state index >= 15 is 0 Å². The molecule has 0 aliphatic carbocycles. The molecule has 108 valence electrons. The van der Waals surface area contributed by atoms with E-state index in [1.54, 1.807) is 0 Å². The number of hydrogen-bond donors (Lipinski definition) is 1. The van der Waals surface area contributed by atoms with Gasteiger partial charge in [-0.1, -0.05) is 27.2 Å². The number of ether oxygens (including phenoxy) is 1. The Bertz CT molecular complexity index is 384. The van der Waals surface area contributed by atoms with Crippen molar-refractivity contribution in [3.63, 3.8) is 0 Å². The van der Waals surface area contributed by atoms with Crippen LogP contribution in [-0.2, 0) is 0 Å². The Balaban J connectivity index is 2.61. The maximum Gasteiger partial charge on any atom is 0.165 e. The van der Waals surface area contributed by atoms with E-state index in [2.05, 4.69) is 26.1 Å². The topological polar surface area (TPSA) is 21.3 Å². The average Bonchev–Trinajstić information content (AvgIpc) is 2.41. The van der Waals surface area contributed by atoms with E-state index in [0.717, 1.165) is 37.6 Å². The number of halogens is 2. The Kier molecular flexibility index (Phi) is 6.78. The van der Waals surface area contributed by atoms with E-state index < -0.39 is 11.6 Å². The second kappa shape index (κ2) is 8.10. The van der Waals surface area contributed by atoms with E-state index in [1.807, 2.05) is 0 Å². The summed E-state index contributed by atoms with van der Waals surface area (Å²) in [6.07, 6.45) is 2.04. The van der Waals surface area contributed by atoms with E-state index in [1.165, 1.54) is 0 Å². The molecule has 2 unspecified atom stereocenters. The average molecular weight is 271 g/mol. The van der Waals surface area contributed by atoms with Crippen LogP contribution in [0.3, 0.4) is 0 Å². The zero-order valence-corrected chi connectivity index (χ0v) is 11.9. The third kappa shape index (κ3) is 5.15. The van der Waals surface area contributed by atoms with Crippen LogP contribution in [0.15, 0.2) is 18.2 Å². The van der Waals surface area contributed by atoms with Crippen molar-refractivity contribution in [2.24, 2.45) is 5.92 Å². The van der Waals surface area contributed by atoms with E-state index in [4.69, 9.17) is 4.74 Å². The monoisotopic (exact) mass is 271 g/mol. The molecule has 0 spiro atoms. The minimum Gasteiger partial charge on any atom is -0.489 e. The summed E-state index contributed by atoms with van der Waals surface area (Å²) in [7, 11) is 0. The van der Waals surface area contributed by atoms with Crippen molar-refractivity contribution in [3.05, 3.63) is 29.8 Å². The quantitative estimate of drug-likeness (QED) is 0.777. The first-order valence-corrected chi connectivity index (χ1v) is 6.89. The van der Waals surface area contributed by atoms with Crippen LogP contribution >= 0.6 is 0 Å². The third-order valence-corrected chi connectivity index (χ3v) is 3.30. The van der Waals surface area contributed by atoms with Crippen molar-refractivity contribution < 1.29 is 13.5 Å². The molecule has 1 rings (SSSR count). The van der Waals surface area contributed by atoms with Crippen molar-refractivity contribution >= 4 is 0 Å². The molecule has 4 heteroatoms. The lowest BCUT2D eigenvalue weighted by atomic mass is 10.00. The lowest BCUT2D eigenvalue weighted by Gasteiger charge is -2.24. The van der Waals surface area contributed by atoms with Gasteiger partial charge in [-0.2, -0.15) is 0 Å². The van der Waals surface area contributed by atoms with E-state index in [9.17, 15) is 8.78 Å². The largest absolute Gasteiger partial charge is 0.489 e. The summed E-state index contributed by atoms with van der Waals surface area (Å²) < 4.78 is 31.9. The molecule has 0 saturated carbocycles. The van der Waals surface area contributed by atoms with E-state index in [0.29, 0.717) is 12.5 Å². The first-order chi connectivity index (χ1) is 9.08. The lowest BCUT2D eigenvalue weighted by molar-refractivity contribution is 0.213. The van der Waals surface area contributed by atoms with Gasteiger partial charge >= 0.3 is 0 Å². The molecule has 19 heavy (non-hydrogen) atoms. The number of nitrogens with one attached hydrogen (secondary N) is 1. The fraction of sp³-hybridized carbons (Fsp3) is 0.600. The Morgan fingerprint density at radius 1 is 1.26 bits per heavy atom. The van der Waals surface area contributed by atoms with Crippen molar-refractivity contribution in [2.75, 3.05) is 13.2 Å². The fourth-order valence-corrected chi connectivity index (χ4v) is 1.81. The molecule has 0 radical (unpaired) electrons. The van der Waals surface area contributed by atoms with Crippen LogP contribution in [0.4, 0.5) is 8.78 Å². The second-order valence-corrected chi connectivity index (χ2v) is 4.83. The number of hydrogen-bond acceptors (Lipinski definition) is 2. The molecule has 0 saturated heterocycles. The van der Waals surface area contributed by atoms with Crippen LogP contribution in [0.5, 0.6) is 5.75 Å². The van der Waals surface area contributed by atoms with E-state index in [-0.39, 0.29) is 11.8 Å².